The summed E-state index contributed by atoms with van der Waals surface area (Å²) in [7, 11) is 0. The number of benzene rings is 3. The van der Waals surface area contributed by atoms with Crippen LogP contribution < -0.4 is 5.32 Å². The first-order chi connectivity index (χ1) is 13.0. The Bertz CT molecular complexity index is 953. The molecule has 3 aromatic carbocycles. The number of carbonyl (C=O) groups excluding carboxylic acids is 2. The van der Waals surface area contributed by atoms with Crippen LogP contribution in [0.3, 0.4) is 0 Å². The Hall–Kier alpha value is -2.37. The SMILES string of the molecule is Cc1ccccc1C(=O)Nc1ccc(SCC(=O)c2ccc(Br)cc2)cc1. The fourth-order valence-corrected chi connectivity index (χ4v) is 3.59. The predicted octanol–water partition coefficient (Wildman–Crippen LogP) is 5.98. The number of Topliss-reactive ketones (excluding diaryl/α,β-unsaturated/α-hetero) is 1. The highest BCUT2D eigenvalue weighted by Crippen LogP contribution is 2.22. The second-order valence-corrected chi connectivity index (χ2v) is 7.98. The number of thioether (sulfide) groups is 1. The molecular formula is C22H18BrNO2S. The lowest BCUT2D eigenvalue weighted by Crippen LogP contribution is -2.13. The van der Waals surface area contributed by atoms with Gasteiger partial charge in [0.1, 0.15) is 0 Å². The first kappa shape index (κ1) is 19.4. The molecule has 0 saturated carbocycles. The van der Waals surface area contributed by atoms with Gasteiger partial charge in [-0.15, -0.1) is 11.8 Å². The lowest BCUT2D eigenvalue weighted by atomic mass is 10.1. The first-order valence-electron chi connectivity index (χ1n) is 8.41. The minimum absolute atomic E-state index is 0.0874. The number of nitrogens with one attached hydrogen (secondary N) is 1. The largest absolute Gasteiger partial charge is 0.322 e. The van der Waals surface area contributed by atoms with Crippen LogP contribution in [0.25, 0.3) is 0 Å². The highest BCUT2D eigenvalue weighted by atomic mass is 79.9. The quantitative estimate of drug-likeness (QED) is 0.379. The van der Waals surface area contributed by atoms with Crippen molar-refractivity contribution in [1.82, 2.24) is 0 Å². The van der Waals surface area contributed by atoms with Crippen molar-refractivity contribution in [3.05, 3.63) is 94.0 Å². The fraction of sp³-hybridized carbons (Fsp3) is 0.0909. The van der Waals surface area contributed by atoms with Crippen molar-refractivity contribution in [3.8, 4) is 0 Å². The average Bonchev–Trinajstić information content (AvgIpc) is 2.68. The summed E-state index contributed by atoms with van der Waals surface area (Å²) in [4.78, 5) is 25.6. The molecule has 0 atom stereocenters. The summed E-state index contributed by atoms with van der Waals surface area (Å²) in [5.41, 5.74) is 3.03. The second-order valence-electron chi connectivity index (χ2n) is 6.01. The van der Waals surface area contributed by atoms with Crippen LogP contribution in [-0.4, -0.2) is 17.4 Å². The van der Waals surface area contributed by atoms with E-state index in [1.165, 1.54) is 11.8 Å². The Labute approximate surface area is 171 Å². The number of hydrogen-bond donors (Lipinski definition) is 1. The van der Waals surface area contributed by atoms with Crippen LogP contribution in [0.4, 0.5) is 5.69 Å². The molecule has 1 amide bonds. The van der Waals surface area contributed by atoms with Gasteiger partial charge in [-0.3, -0.25) is 9.59 Å². The average molecular weight is 440 g/mol. The lowest BCUT2D eigenvalue weighted by molar-refractivity contribution is 0.101. The van der Waals surface area contributed by atoms with E-state index >= 15 is 0 Å². The molecule has 136 valence electrons. The third-order valence-electron chi connectivity index (χ3n) is 4.04. The maximum Gasteiger partial charge on any atom is 0.255 e. The van der Waals surface area contributed by atoms with Crippen molar-refractivity contribution >= 4 is 45.1 Å². The number of halogens is 1. The molecule has 0 aromatic heterocycles. The molecular weight excluding hydrogens is 422 g/mol. The maximum atomic E-state index is 12.4. The minimum atomic E-state index is -0.126. The first-order valence-corrected chi connectivity index (χ1v) is 10.2. The molecule has 5 heteroatoms. The number of hydrogen-bond acceptors (Lipinski definition) is 3. The zero-order chi connectivity index (χ0) is 19.2. The van der Waals surface area contributed by atoms with Gasteiger partial charge in [-0.1, -0.05) is 46.3 Å². The van der Waals surface area contributed by atoms with E-state index in [1.807, 2.05) is 79.7 Å². The zero-order valence-electron chi connectivity index (χ0n) is 14.7. The number of aryl methyl sites for hydroxylation is 1. The number of amides is 1. The van der Waals surface area contributed by atoms with E-state index in [1.54, 1.807) is 0 Å². The van der Waals surface area contributed by atoms with Gasteiger partial charge >= 0.3 is 0 Å². The van der Waals surface area contributed by atoms with Gasteiger partial charge in [-0.25, -0.2) is 0 Å². The monoisotopic (exact) mass is 439 g/mol. The van der Waals surface area contributed by atoms with Crippen molar-refractivity contribution in [2.45, 2.75) is 11.8 Å². The molecule has 27 heavy (non-hydrogen) atoms. The Morgan fingerprint density at radius 2 is 1.59 bits per heavy atom. The van der Waals surface area contributed by atoms with Gasteiger partial charge in [0.05, 0.1) is 5.75 Å². The molecule has 0 unspecified atom stereocenters. The van der Waals surface area contributed by atoms with Crippen LogP contribution in [0.1, 0.15) is 26.3 Å². The number of ketones is 1. The summed E-state index contributed by atoms with van der Waals surface area (Å²) in [6.07, 6.45) is 0. The number of anilines is 1. The van der Waals surface area contributed by atoms with E-state index in [4.69, 9.17) is 0 Å². The van der Waals surface area contributed by atoms with Crippen LogP contribution in [0.2, 0.25) is 0 Å². The minimum Gasteiger partial charge on any atom is -0.322 e. The van der Waals surface area contributed by atoms with E-state index in [2.05, 4.69) is 21.2 Å². The molecule has 0 fully saturated rings. The molecule has 0 radical (unpaired) electrons. The normalized spacial score (nSPS) is 10.4. The topological polar surface area (TPSA) is 46.2 Å². The van der Waals surface area contributed by atoms with E-state index in [9.17, 15) is 9.59 Å². The molecule has 0 aliphatic rings. The highest BCUT2D eigenvalue weighted by Gasteiger charge is 2.09. The van der Waals surface area contributed by atoms with Crippen molar-refractivity contribution in [3.63, 3.8) is 0 Å². The van der Waals surface area contributed by atoms with Gasteiger partial charge in [0, 0.05) is 26.2 Å². The Morgan fingerprint density at radius 1 is 0.926 bits per heavy atom. The molecule has 0 bridgehead atoms. The van der Waals surface area contributed by atoms with Gasteiger partial charge in [0.25, 0.3) is 5.91 Å². The summed E-state index contributed by atoms with van der Waals surface area (Å²) in [5.74, 6) is 0.333. The molecule has 0 saturated heterocycles. The van der Waals surface area contributed by atoms with E-state index in [-0.39, 0.29) is 11.7 Å². The van der Waals surface area contributed by atoms with Gasteiger partial charge in [0.15, 0.2) is 5.78 Å². The van der Waals surface area contributed by atoms with Gasteiger partial charge in [0.2, 0.25) is 0 Å². The molecule has 0 heterocycles. The Balaban J connectivity index is 1.57. The van der Waals surface area contributed by atoms with Crippen LogP contribution in [-0.2, 0) is 0 Å². The van der Waals surface area contributed by atoms with Crippen LogP contribution in [0, 0.1) is 6.92 Å². The van der Waals surface area contributed by atoms with Crippen molar-refractivity contribution in [2.24, 2.45) is 0 Å². The van der Waals surface area contributed by atoms with Crippen LogP contribution >= 0.6 is 27.7 Å². The smallest absolute Gasteiger partial charge is 0.255 e. The van der Waals surface area contributed by atoms with E-state index in [0.717, 1.165) is 20.6 Å². The summed E-state index contributed by atoms with van der Waals surface area (Å²) in [6, 6.07) is 22.4. The van der Waals surface area contributed by atoms with E-state index < -0.39 is 0 Å². The fourth-order valence-electron chi connectivity index (χ4n) is 2.53. The molecule has 3 rings (SSSR count). The lowest BCUT2D eigenvalue weighted by Gasteiger charge is -2.08. The number of carbonyl (C=O) groups is 2. The van der Waals surface area contributed by atoms with Gasteiger partial charge < -0.3 is 5.32 Å². The Morgan fingerprint density at radius 3 is 2.26 bits per heavy atom. The summed E-state index contributed by atoms with van der Waals surface area (Å²) < 4.78 is 0.954. The van der Waals surface area contributed by atoms with Crippen LogP contribution in [0.5, 0.6) is 0 Å². The maximum absolute atomic E-state index is 12.4. The summed E-state index contributed by atoms with van der Waals surface area (Å²) in [5, 5.41) is 2.90. The van der Waals surface area contributed by atoms with Crippen molar-refractivity contribution in [1.29, 1.82) is 0 Å². The summed E-state index contributed by atoms with van der Waals surface area (Å²) in [6.45, 7) is 1.91. The predicted molar refractivity (Wildman–Crippen MR) is 115 cm³/mol. The summed E-state index contributed by atoms with van der Waals surface area (Å²) >= 11 is 4.85. The molecule has 0 aliphatic carbocycles. The molecule has 3 nitrogen and oxygen atoms in total. The number of rotatable bonds is 6. The molecule has 0 aliphatic heterocycles. The van der Waals surface area contributed by atoms with Crippen LogP contribution in [0.15, 0.2) is 82.2 Å². The Kier molecular flexibility index (Phi) is 6.48. The van der Waals surface area contributed by atoms with Crippen molar-refractivity contribution < 1.29 is 9.59 Å². The molecule has 3 aromatic rings. The standard InChI is InChI=1S/C22H18BrNO2S/c1-15-4-2-3-5-20(15)22(26)24-18-10-12-19(13-11-18)27-14-21(25)16-6-8-17(23)9-7-16/h2-13H,14H2,1H3,(H,24,26). The van der Waals surface area contributed by atoms with E-state index in [0.29, 0.717) is 16.9 Å². The van der Waals surface area contributed by atoms with Gasteiger partial charge in [-0.2, -0.15) is 0 Å². The highest BCUT2D eigenvalue weighted by molar-refractivity contribution is 9.10. The zero-order valence-corrected chi connectivity index (χ0v) is 17.1. The third-order valence-corrected chi connectivity index (χ3v) is 5.58. The third kappa shape index (κ3) is 5.31. The molecule has 0 spiro atoms. The van der Waals surface area contributed by atoms with Crippen molar-refractivity contribution in [2.75, 3.05) is 11.1 Å². The van der Waals surface area contributed by atoms with Gasteiger partial charge in [-0.05, 0) is 55.0 Å². The second kappa shape index (κ2) is 9.02. The molecule has 1 N–H and O–H groups in total.